The molecule has 4 nitrogen and oxygen atoms in total. The van der Waals surface area contributed by atoms with Gasteiger partial charge in [-0.05, 0) is 44.6 Å². The van der Waals surface area contributed by atoms with Crippen molar-refractivity contribution in [3.05, 3.63) is 48.1 Å². The third-order valence-electron chi connectivity index (χ3n) is 4.36. The first-order chi connectivity index (χ1) is 11.9. The lowest BCUT2D eigenvalue weighted by molar-refractivity contribution is -0.137. The van der Waals surface area contributed by atoms with E-state index in [0.29, 0.717) is 25.7 Å². The van der Waals surface area contributed by atoms with Gasteiger partial charge < -0.3 is 10.2 Å². The molecule has 1 unspecified atom stereocenters. The van der Waals surface area contributed by atoms with Crippen LogP contribution in [-0.2, 0) is 9.59 Å². The molecule has 1 rings (SSSR count). The van der Waals surface area contributed by atoms with Gasteiger partial charge in [-0.3, -0.25) is 9.59 Å². The van der Waals surface area contributed by atoms with E-state index in [-0.39, 0.29) is 17.6 Å². The highest BCUT2D eigenvalue weighted by atomic mass is 16.4. The van der Waals surface area contributed by atoms with Crippen molar-refractivity contribution in [2.75, 3.05) is 0 Å². The predicted octanol–water partition coefficient (Wildman–Crippen LogP) is 4.37. The fourth-order valence-electron chi connectivity index (χ4n) is 2.82. The van der Waals surface area contributed by atoms with Gasteiger partial charge in [-0.25, -0.2) is 0 Å². The molecule has 2 N–H and O–H groups in total. The number of carboxylic acid groups (broad SMARTS) is 1. The lowest BCUT2D eigenvalue weighted by Gasteiger charge is -2.22. The summed E-state index contributed by atoms with van der Waals surface area (Å²) in [6.07, 6.45) is 17.1. The molecule has 0 spiro atoms. The van der Waals surface area contributed by atoms with E-state index in [9.17, 15) is 14.7 Å². The van der Waals surface area contributed by atoms with Crippen LogP contribution in [0.25, 0.3) is 0 Å². The fourth-order valence-corrected chi connectivity index (χ4v) is 2.82. The summed E-state index contributed by atoms with van der Waals surface area (Å²) in [6, 6.07) is 0. The summed E-state index contributed by atoms with van der Waals surface area (Å²) in [6.45, 7) is 4.07. The average molecular weight is 346 g/mol. The molecule has 138 valence electrons. The molecule has 0 saturated carbocycles. The first-order valence-electron chi connectivity index (χ1n) is 9.03. The van der Waals surface area contributed by atoms with E-state index in [1.165, 1.54) is 0 Å². The van der Waals surface area contributed by atoms with Crippen molar-refractivity contribution in [2.24, 2.45) is 5.41 Å². The lowest BCUT2D eigenvalue weighted by atomic mass is 9.80. The summed E-state index contributed by atoms with van der Waals surface area (Å²) in [5.41, 5.74) is 0.389. The number of allylic oxidation sites excluding steroid dienone is 6. The van der Waals surface area contributed by atoms with Crippen LogP contribution in [-0.4, -0.2) is 28.1 Å². The number of aliphatic hydroxyl groups excluding tert-OH is 1. The molecule has 25 heavy (non-hydrogen) atoms. The van der Waals surface area contributed by atoms with Gasteiger partial charge in [0.05, 0.1) is 6.10 Å². The minimum absolute atomic E-state index is 0.0121. The van der Waals surface area contributed by atoms with Crippen molar-refractivity contribution in [3.63, 3.8) is 0 Å². The molecule has 0 saturated heterocycles. The first kappa shape index (κ1) is 21.1. The molecule has 0 aromatic carbocycles. The van der Waals surface area contributed by atoms with E-state index in [1.54, 1.807) is 6.08 Å². The monoisotopic (exact) mass is 346 g/mol. The molecular weight excluding hydrogens is 316 g/mol. The van der Waals surface area contributed by atoms with E-state index >= 15 is 0 Å². The molecule has 0 aromatic heterocycles. The van der Waals surface area contributed by atoms with Crippen LogP contribution in [0.2, 0.25) is 0 Å². The molecule has 0 bridgehead atoms. The Morgan fingerprint density at radius 1 is 1.24 bits per heavy atom. The maximum Gasteiger partial charge on any atom is 0.303 e. The summed E-state index contributed by atoms with van der Waals surface area (Å²) >= 11 is 0. The van der Waals surface area contributed by atoms with E-state index in [4.69, 9.17) is 5.11 Å². The third kappa shape index (κ3) is 7.65. The van der Waals surface area contributed by atoms with Gasteiger partial charge in [0, 0.05) is 17.4 Å². The van der Waals surface area contributed by atoms with E-state index in [2.05, 4.69) is 0 Å². The van der Waals surface area contributed by atoms with Gasteiger partial charge in [0.15, 0.2) is 5.78 Å². The van der Waals surface area contributed by atoms with Crippen LogP contribution in [0.5, 0.6) is 0 Å². The standard InChI is InChI=1S/C21H30O4/c1-3-4-7-10-17(22)12-13-18-19(23)14-16-21(18,2)15-9-6-5-8-11-20(24)25/h4,6-7,9,13-14,16-17,22H,3,5,8,10-12,15H2,1-2H3,(H,24,25)/b7-4-,9-6-,18-13-/t17-,21?/m0/s1. The van der Waals surface area contributed by atoms with E-state index in [1.807, 2.05) is 50.3 Å². The molecule has 1 aliphatic carbocycles. The lowest BCUT2D eigenvalue weighted by Crippen LogP contribution is -2.16. The summed E-state index contributed by atoms with van der Waals surface area (Å²) in [5.74, 6) is -0.764. The molecular formula is C21H30O4. The summed E-state index contributed by atoms with van der Waals surface area (Å²) in [7, 11) is 0. The van der Waals surface area contributed by atoms with Crippen LogP contribution in [0, 0.1) is 5.41 Å². The summed E-state index contributed by atoms with van der Waals surface area (Å²) < 4.78 is 0. The number of hydrogen-bond donors (Lipinski definition) is 2. The zero-order valence-electron chi connectivity index (χ0n) is 15.3. The van der Waals surface area contributed by atoms with Crippen molar-refractivity contribution < 1.29 is 19.8 Å². The fraction of sp³-hybridized carbons (Fsp3) is 0.524. The van der Waals surface area contributed by atoms with Crippen LogP contribution < -0.4 is 0 Å². The maximum atomic E-state index is 12.1. The SMILES string of the molecule is CC/C=C\C[C@H](O)C/C=C1/C(=O)C=CC1(C)C/C=C\CCCC(=O)O. The molecule has 2 atom stereocenters. The minimum atomic E-state index is -0.776. The van der Waals surface area contributed by atoms with Crippen LogP contribution in [0.3, 0.4) is 0 Å². The number of aliphatic carboxylic acids is 1. The summed E-state index contributed by atoms with van der Waals surface area (Å²) in [5, 5.41) is 18.6. The van der Waals surface area contributed by atoms with Gasteiger partial charge in [0.2, 0.25) is 0 Å². The van der Waals surface area contributed by atoms with Crippen LogP contribution in [0.4, 0.5) is 0 Å². The molecule has 1 aliphatic rings. The topological polar surface area (TPSA) is 74.6 Å². The Morgan fingerprint density at radius 3 is 2.68 bits per heavy atom. The van der Waals surface area contributed by atoms with Crippen LogP contribution in [0.1, 0.15) is 58.8 Å². The van der Waals surface area contributed by atoms with Crippen molar-refractivity contribution in [3.8, 4) is 0 Å². The number of carbonyl (C=O) groups excluding carboxylic acids is 1. The van der Waals surface area contributed by atoms with Gasteiger partial charge in [0.25, 0.3) is 0 Å². The van der Waals surface area contributed by atoms with Crippen molar-refractivity contribution in [2.45, 2.75) is 64.9 Å². The first-order valence-corrected chi connectivity index (χ1v) is 9.03. The van der Waals surface area contributed by atoms with Gasteiger partial charge in [-0.1, -0.05) is 50.3 Å². The van der Waals surface area contributed by atoms with Crippen molar-refractivity contribution >= 4 is 11.8 Å². The highest BCUT2D eigenvalue weighted by Crippen LogP contribution is 2.39. The average Bonchev–Trinajstić information content (AvgIpc) is 2.84. The second kappa shape index (κ2) is 10.8. The Kier molecular flexibility index (Phi) is 9.14. The Labute approximate surface area is 150 Å². The molecule has 0 aliphatic heterocycles. The van der Waals surface area contributed by atoms with Gasteiger partial charge >= 0.3 is 5.97 Å². The van der Waals surface area contributed by atoms with Gasteiger partial charge in [-0.15, -0.1) is 0 Å². The number of hydrogen-bond acceptors (Lipinski definition) is 3. The zero-order chi connectivity index (χ0) is 18.7. The Balaban J connectivity index is 2.57. The highest BCUT2D eigenvalue weighted by Gasteiger charge is 2.33. The van der Waals surface area contributed by atoms with Gasteiger partial charge in [-0.2, -0.15) is 0 Å². The minimum Gasteiger partial charge on any atom is -0.481 e. The third-order valence-corrected chi connectivity index (χ3v) is 4.36. The molecule has 0 radical (unpaired) electrons. The normalized spacial score (nSPS) is 23.3. The van der Waals surface area contributed by atoms with Crippen LogP contribution >= 0.6 is 0 Å². The number of unbranched alkanes of at least 4 members (excludes halogenated alkanes) is 1. The number of rotatable bonds is 11. The van der Waals surface area contributed by atoms with E-state index in [0.717, 1.165) is 18.4 Å². The molecule has 0 fully saturated rings. The predicted molar refractivity (Wildman–Crippen MR) is 100 cm³/mol. The molecule has 0 heterocycles. The quantitative estimate of drug-likeness (QED) is 0.331. The summed E-state index contributed by atoms with van der Waals surface area (Å²) in [4.78, 5) is 22.6. The molecule has 0 amide bonds. The highest BCUT2D eigenvalue weighted by molar-refractivity contribution is 6.08. The molecule has 4 heteroatoms. The largest absolute Gasteiger partial charge is 0.481 e. The van der Waals surface area contributed by atoms with Crippen molar-refractivity contribution in [1.82, 2.24) is 0 Å². The smallest absolute Gasteiger partial charge is 0.303 e. The number of ketones is 1. The van der Waals surface area contributed by atoms with E-state index < -0.39 is 12.1 Å². The number of aliphatic hydroxyl groups is 1. The van der Waals surface area contributed by atoms with Crippen molar-refractivity contribution in [1.29, 1.82) is 0 Å². The Hall–Kier alpha value is -1.94. The van der Waals surface area contributed by atoms with Gasteiger partial charge in [0.1, 0.15) is 0 Å². The second-order valence-corrected chi connectivity index (χ2v) is 6.70. The molecule has 0 aromatic rings. The van der Waals surface area contributed by atoms with Crippen LogP contribution in [0.15, 0.2) is 48.1 Å². The second-order valence-electron chi connectivity index (χ2n) is 6.70. The number of carbonyl (C=O) groups is 2. The number of carboxylic acids is 1. The Morgan fingerprint density at radius 2 is 2.00 bits per heavy atom. The maximum absolute atomic E-state index is 12.1. The zero-order valence-corrected chi connectivity index (χ0v) is 15.3. The Bertz CT molecular complexity index is 568.